The minimum absolute atomic E-state index is 0.179. The lowest BCUT2D eigenvalue weighted by atomic mass is 10.5. The number of aliphatic carboxylic acids is 1. The van der Waals surface area contributed by atoms with Crippen LogP contribution in [0.4, 0.5) is 0 Å². The van der Waals surface area contributed by atoms with E-state index in [1.165, 1.54) is 11.8 Å². The lowest BCUT2D eigenvalue weighted by molar-refractivity contribution is -0.133. The first-order valence-corrected chi connectivity index (χ1v) is 5.29. The molecule has 78 valence electrons. The van der Waals surface area contributed by atoms with Gasteiger partial charge >= 0.3 is 5.97 Å². The molecule has 0 heterocycles. The third-order valence-corrected chi connectivity index (χ3v) is 2.26. The van der Waals surface area contributed by atoms with Crippen molar-refractivity contribution in [2.75, 3.05) is 38.4 Å². The van der Waals surface area contributed by atoms with E-state index >= 15 is 0 Å². The molecule has 0 saturated carbocycles. The first-order valence-electron chi connectivity index (χ1n) is 4.13. The molecule has 0 rings (SSSR count). The Morgan fingerprint density at radius 2 is 2.15 bits per heavy atom. The molecule has 1 N–H and O–H groups in total. The molecule has 0 fully saturated rings. The van der Waals surface area contributed by atoms with Crippen molar-refractivity contribution in [3.05, 3.63) is 0 Å². The van der Waals surface area contributed by atoms with Crippen LogP contribution in [0.2, 0.25) is 0 Å². The number of rotatable bonds is 9. The van der Waals surface area contributed by atoms with E-state index in [0.717, 1.165) is 12.2 Å². The fraction of sp³-hybridized carbons (Fsp3) is 0.875. The monoisotopic (exact) mass is 208 g/mol. The molecule has 0 aliphatic rings. The van der Waals surface area contributed by atoms with Crippen molar-refractivity contribution in [3.8, 4) is 0 Å². The summed E-state index contributed by atoms with van der Waals surface area (Å²) in [5.41, 5.74) is 0. The zero-order chi connectivity index (χ0) is 9.94. The number of carbonyl (C=O) groups is 1. The fourth-order valence-corrected chi connectivity index (χ4v) is 1.31. The van der Waals surface area contributed by atoms with Gasteiger partial charge in [-0.15, -0.1) is 0 Å². The van der Waals surface area contributed by atoms with E-state index in [-0.39, 0.29) is 5.75 Å². The molecule has 4 nitrogen and oxygen atoms in total. The van der Waals surface area contributed by atoms with Crippen molar-refractivity contribution in [3.63, 3.8) is 0 Å². The van der Waals surface area contributed by atoms with Crippen molar-refractivity contribution in [2.45, 2.75) is 6.42 Å². The molecule has 0 aromatic carbocycles. The number of hydrogen-bond donors (Lipinski definition) is 1. The highest BCUT2D eigenvalue weighted by atomic mass is 32.2. The summed E-state index contributed by atoms with van der Waals surface area (Å²) in [4.78, 5) is 10.1. The Balaban J connectivity index is 2.87. The van der Waals surface area contributed by atoms with Crippen LogP contribution < -0.4 is 0 Å². The standard InChI is InChI=1S/C8H16O4S/c1-11-4-5-12-3-2-6-13-7-8(9)10/h2-7H2,1H3,(H,9,10). The minimum Gasteiger partial charge on any atom is -0.481 e. The van der Waals surface area contributed by atoms with Gasteiger partial charge < -0.3 is 14.6 Å². The molecule has 13 heavy (non-hydrogen) atoms. The smallest absolute Gasteiger partial charge is 0.313 e. The predicted molar refractivity (Wildman–Crippen MR) is 52.3 cm³/mol. The van der Waals surface area contributed by atoms with Gasteiger partial charge in [0.15, 0.2) is 0 Å². The molecule has 0 saturated heterocycles. The Morgan fingerprint density at radius 1 is 1.38 bits per heavy atom. The minimum atomic E-state index is -0.759. The molecule has 0 atom stereocenters. The molecule has 0 unspecified atom stereocenters. The molecule has 0 aromatic heterocycles. The van der Waals surface area contributed by atoms with Gasteiger partial charge in [0.1, 0.15) is 0 Å². The van der Waals surface area contributed by atoms with Crippen LogP contribution in [-0.4, -0.2) is 49.5 Å². The number of ether oxygens (including phenoxy) is 2. The summed E-state index contributed by atoms with van der Waals surface area (Å²) in [5.74, 6) is 0.252. The second-order valence-electron chi connectivity index (χ2n) is 2.41. The lowest BCUT2D eigenvalue weighted by Gasteiger charge is -2.02. The van der Waals surface area contributed by atoms with Crippen molar-refractivity contribution >= 4 is 17.7 Å². The van der Waals surface area contributed by atoms with E-state index < -0.39 is 5.97 Å². The van der Waals surface area contributed by atoms with Crippen LogP contribution in [0.5, 0.6) is 0 Å². The van der Waals surface area contributed by atoms with Gasteiger partial charge in [-0.3, -0.25) is 4.79 Å². The zero-order valence-corrected chi connectivity index (χ0v) is 8.64. The van der Waals surface area contributed by atoms with Crippen LogP contribution in [0, 0.1) is 0 Å². The Bertz CT molecular complexity index is 129. The molecule has 0 aromatic rings. The molecule has 0 bridgehead atoms. The lowest BCUT2D eigenvalue weighted by Crippen LogP contribution is -2.04. The highest BCUT2D eigenvalue weighted by Gasteiger charge is 1.96. The second-order valence-corrected chi connectivity index (χ2v) is 3.51. The maximum absolute atomic E-state index is 10.1. The van der Waals surface area contributed by atoms with Gasteiger partial charge in [0.25, 0.3) is 0 Å². The summed E-state index contributed by atoms with van der Waals surface area (Å²) < 4.78 is 9.99. The Morgan fingerprint density at radius 3 is 2.77 bits per heavy atom. The van der Waals surface area contributed by atoms with Crippen molar-refractivity contribution in [1.29, 1.82) is 0 Å². The normalized spacial score (nSPS) is 10.2. The van der Waals surface area contributed by atoms with Crippen LogP contribution in [-0.2, 0) is 14.3 Å². The predicted octanol–water partition coefficient (Wildman–Crippen LogP) is 0.857. The second kappa shape index (κ2) is 9.83. The third kappa shape index (κ3) is 11.7. The van der Waals surface area contributed by atoms with Crippen LogP contribution in [0.15, 0.2) is 0 Å². The van der Waals surface area contributed by atoms with Crippen LogP contribution in [0.1, 0.15) is 6.42 Å². The average Bonchev–Trinajstić information content (AvgIpc) is 2.09. The number of thioether (sulfide) groups is 1. The molecular weight excluding hydrogens is 192 g/mol. The maximum Gasteiger partial charge on any atom is 0.313 e. The Kier molecular flexibility index (Phi) is 9.63. The third-order valence-electron chi connectivity index (χ3n) is 1.23. The number of carboxylic acids is 1. The van der Waals surface area contributed by atoms with E-state index in [9.17, 15) is 4.79 Å². The quantitative estimate of drug-likeness (QED) is 0.569. The first kappa shape index (κ1) is 12.7. The summed E-state index contributed by atoms with van der Waals surface area (Å²) in [7, 11) is 1.63. The van der Waals surface area contributed by atoms with Gasteiger partial charge in [0.2, 0.25) is 0 Å². The molecule has 0 aliphatic heterocycles. The van der Waals surface area contributed by atoms with E-state index in [0.29, 0.717) is 19.8 Å². The molecule has 5 heteroatoms. The average molecular weight is 208 g/mol. The van der Waals surface area contributed by atoms with E-state index in [2.05, 4.69) is 0 Å². The fourth-order valence-electron chi connectivity index (χ4n) is 0.667. The SMILES string of the molecule is COCCOCCCSCC(=O)O. The topological polar surface area (TPSA) is 55.8 Å². The highest BCUT2D eigenvalue weighted by molar-refractivity contribution is 7.99. The van der Waals surface area contributed by atoms with Gasteiger partial charge in [-0.1, -0.05) is 0 Å². The summed E-state index contributed by atoms with van der Waals surface area (Å²) in [6.07, 6.45) is 0.891. The van der Waals surface area contributed by atoms with Gasteiger partial charge in [-0.25, -0.2) is 0 Å². The zero-order valence-electron chi connectivity index (χ0n) is 7.82. The number of carboxylic acid groups (broad SMARTS) is 1. The highest BCUT2D eigenvalue weighted by Crippen LogP contribution is 2.01. The van der Waals surface area contributed by atoms with Gasteiger partial charge in [0.05, 0.1) is 19.0 Å². The number of methoxy groups -OCH3 is 1. The molecule has 0 amide bonds. The van der Waals surface area contributed by atoms with Gasteiger partial charge in [-0.05, 0) is 12.2 Å². The van der Waals surface area contributed by atoms with E-state index in [1.807, 2.05) is 0 Å². The number of hydrogen-bond acceptors (Lipinski definition) is 4. The molecule has 0 aliphatic carbocycles. The summed E-state index contributed by atoms with van der Waals surface area (Å²) >= 11 is 1.41. The first-order chi connectivity index (χ1) is 6.27. The Labute approximate surface area is 82.6 Å². The summed E-state index contributed by atoms with van der Waals surface area (Å²) in [6.45, 7) is 1.90. The summed E-state index contributed by atoms with van der Waals surface area (Å²) in [6, 6.07) is 0. The summed E-state index contributed by atoms with van der Waals surface area (Å²) in [5, 5.41) is 8.32. The van der Waals surface area contributed by atoms with E-state index in [1.54, 1.807) is 7.11 Å². The van der Waals surface area contributed by atoms with Crippen molar-refractivity contribution < 1.29 is 19.4 Å². The van der Waals surface area contributed by atoms with Crippen LogP contribution in [0.3, 0.4) is 0 Å². The van der Waals surface area contributed by atoms with Crippen molar-refractivity contribution in [1.82, 2.24) is 0 Å². The molecular formula is C8H16O4S. The van der Waals surface area contributed by atoms with Gasteiger partial charge in [-0.2, -0.15) is 11.8 Å². The van der Waals surface area contributed by atoms with Crippen LogP contribution >= 0.6 is 11.8 Å². The van der Waals surface area contributed by atoms with Gasteiger partial charge in [0, 0.05) is 13.7 Å². The largest absolute Gasteiger partial charge is 0.481 e. The van der Waals surface area contributed by atoms with Crippen LogP contribution in [0.25, 0.3) is 0 Å². The maximum atomic E-state index is 10.1. The Hall–Kier alpha value is -0.260. The van der Waals surface area contributed by atoms with Crippen molar-refractivity contribution in [2.24, 2.45) is 0 Å². The molecule has 0 radical (unpaired) electrons. The molecule has 0 spiro atoms. The van der Waals surface area contributed by atoms with E-state index in [4.69, 9.17) is 14.6 Å².